The minimum Gasteiger partial charge on any atom is -0.331 e. The zero-order valence-electron chi connectivity index (χ0n) is 13.5. The third-order valence-electron chi connectivity index (χ3n) is 4.10. The Morgan fingerprint density at radius 2 is 1.68 bits per heavy atom. The van der Waals surface area contributed by atoms with E-state index >= 15 is 0 Å². The summed E-state index contributed by atoms with van der Waals surface area (Å²) in [6.45, 7) is 0.676. The number of carbonyl (C=O) groups excluding carboxylic acids is 2. The van der Waals surface area contributed by atoms with Gasteiger partial charge in [-0.05, 0) is 13.1 Å². The molecular formula is C19H15N3O2S. The van der Waals surface area contributed by atoms with Crippen LogP contribution in [0.25, 0.3) is 0 Å². The van der Waals surface area contributed by atoms with Gasteiger partial charge in [0.05, 0.1) is 16.9 Å². The fourth-order valence-electron chi connectivity index (χ4n) is 2.99. The molecule has 0 saturated heterocycles. The molecule has 6 heteroatoms. The summed E-state index contributed by atoms with van der Waals surface area (Å²) in [5.41, 5.74) is 3.28. The number of hydrogen-bond acceptors (Lipinski definition) is 6. The van der Waals surface area contributed by atoms with Crippen LogP contribution >= 0.6 is 11.3 Å². The highest BCUT2D eigenvalue weighted by atomic mass is 32.1. The van der Waals surface area contributed by atoms with Gasteiger partial charge in [0, 0.05) is 28.6 Å². The summed E-state index contributed by atoms with van der Waals surface area (Å²) in [4.78, 5) is 30.2. The molecule has 1 heterocycles. The number of nitrogens with zero attached hydrogens (tertiary/aromatic N) is 1. The summed E-state index contributed by atoms with van der Waals surface area (Å²) in [5.74, 6) is -0.260. The standard InChI is InChI=1S/C19H15N3O2S/c1-20-9-11-10-25-19(21-11)22-15-8-4-7-14-16(15)18(24)13-6-3-2-5-12(13)17(14)23/h2-8,10,20H,9H2,1H3,(H,21,22). The average molecular weight is 349 g/mol. The van der Waals surface area contributed by atoms with Crippen molar-refractivity contribution in [1.82, 2.24) is 10.3 Å². The van der Waals surface area contributed by atoms with Gasteiger partial charge in [0.2, 0.25) is 0 Å². The highest BCUT2D eigenvalue weighted by Crippen LogP contribution is 2.33. The van der Waals surface area contributed by atoms with E-state index in [4.69, 9.17) is 0 Å². The molecule has 0 fully saturated rings. The van der Waals surface area contributed by atoms with E-state index in [9.17, 15) is 9.59 Å². The number of rotatable bonds is 4. The Kier molecular flexibility index (Phi) is 3.91. The zero-order chi connectivity index (χ0) is 17.4. The first kappa shape index (κ1) is 15.7. The maximum absolute atomic E-state index is 13.0. The van der Waals surface area contributed by atoms with Crippen LogP contribution in [0.4, 0.5) is 10.8 Å². The molecule has 2 N–H and O–H groups in total. The molecule has 0 aliphatic heterocycles. The second kappa shape index (κ2) is 6.23. The number of nitrogens with one attached hydrogen (secondary N) is 2. The number of hydrogen-bond donors (Lipinski definition) is 2. The molecule has 124 valence electrons. The van der Waals surface area contributed by atoms with Crippen molar-refractivity contribution in [2.75, 3.05) is 12.4 Å². The molecular weight excluding hydrogens is 334 g/mol. The SMILES string of the molecule is CNCc1csc(Nc2cccc3c2C(=O)c2ccccc2C3=O)n1. The van der Waals surface area contributed by atoms with Gasteiger partial charge in [-0.25, -0.2) is 4.98 Å². The quantitative estimate of drug-likeness (QED) is 0.591. The molecule has 0 amide bonds. The molecule has 1 aliphatic rings. The van der Waals surface area contributed by atoms with Gasteiger partial charge in [0.25, 0.3) is 0 Å². The van der Waals surface area contributed by atoms with Crippen LogP contribution < -0.4 is 10.6 Å². The Bertz CT molecular complexity index is 994. The van der Waals surface area contributed by atoms with Crippen molar-refractivity contribution in [3.8, 4) is 0 Å². The lowest BCUT2D eigenvalue weighted by atomic mass is 9.83. The molecule has 0 radical (unpaired) electrons. The van der Waals surface area contributed by atoms with Gasteiger partial charge in [0.15, 0.2) is 16.7 Å². The second-order valence-electron chi connectivity index (χ2n) is 5.73. The number of thiazole rings is 1. The number of ketones is 2. The predicted octanol–water partition coefficient (Wildman–Crippen LogP) is 3.38. The lowest BCUT2D eigenvalue weighted by molar-refractivity contribution is 0.0979. The highest BCUT2D eigenvalue weighted by molar-refractivity contribution is 7.13. The number of aromatic nitrogens is 1. The lowest BCUT2D eigenvalue weighted by Gasteiger charge is -2.20. The average Bonchev–Trinajstić information content (AvgIpc) is 3.07. The van der Waals surface area contributed by atoms with Gasteiger partial charge in [-0.2, -0.15) is 0 Å². The Morgan fingerprint density at radius 1 is 0.960 bits per heavy atom. The minimum atomic E-state index is -0.139. The monoisotopic (exact) mass is 349 g/mol. The lowest BCUT2D eigenvalue weighted by Crippen LogP contribution is -2.22. The number of fused-ring (bicyclic) bond motifs is 2. The van der Waals surface area contributed by atoms with Gasteiger partial charge < -0.3 is 10.6 Å². The largest absolute Gasteiger partial charge is 0.331 e. The molecule has 0 saturated carbocycles. The van der Waals surface area contributed by atoms with E-state index in [1.807, 2.05) is 12.4 Å². The first-order valence-corrected chi connectivity index (χ1v) is 8.74. The van der Waals surface area contributed by atoms with Gasteiger partial charge in [-0.3, -0.25) is 9.59 Å². The summed E-state index contributed by atoms with van der Waals surface area (Å²) in [7, 11) is 1.86. The third-order valence-corrected chi connectivity index (χ3v) is 4.91. The molecule has 1 aliphatic carbocycles. The highest BCUT2D eigenvalue weighted by Gasteiger charge is 2.31. The molecule has 0 unspecified atom stereocenters. The van der Waals surface area contributed by atoms with Crippen molar-refractivity contribution in [1.29, 1.82) is 0 Å². The van der Waals surface area contributed by atoms with E-state index in [1.54, 1.807) is 42.5 Å². The number of anilines is 2. The summed E-state index contributed by atoms with van der Waals surface area (Å²) in [5, 5.41) is 8.90. The summed E-state index contributed by atoms with van der Waals surface area (Å²) in [6.07, 6.45) is 0. The van der Waals surface area contributed by atoms with E-state index in [0.29, 0.717) is 39.6 Å². The van der Waals surface area contributed by atoms with Crippen molar-refractivity contribution in [2.24, 2.45) is 0 Å². The van der Waals surface area contributed by atoms with Gasteiger partial charge in [-0.1, -0.05) is 36.4 Å². The molecule has 2 aromatic carbocycles. The van der Waals surface area contributed by atoms with E-state index in [1.165, 1.54) is 11.3 Å². The van der Waals surface area contributed by atoms with Gasteiger partial charge >= 0.3 is 0 Å². The Labute approximate surface area is 148 Å². The van der Waals surface area contributed by atoms with Crippen LogP contribution in [-0.4, -0.2) is 23.6 Å². The molecule has 25 heavy (non-hydrogen) atoms. The Hall–Kier alpha value is -2.83. The van der Waals surface area contributed by atoms with Crippen LogP contribution in [0.15, 0.2) is 47.8 Å². The van der Waals surface area contributed by atoms with Crippen molar-refractivity contribution in [2.45, 2.75) is 6.54 Å². The molecule has 0 spiro atoms. The van der Waals surface area contributed by atoms with Crippen LogP contribution in [0.2, 0.25) is 0 Å². The topological polar surface area (TPSA) is 71.1 Å². The molecule has 1 aromatic heterocycles. The molecule has 0 bridgehead atoms. The van der Waals surface area contributed by atoms with Crippen LogP contribution in [0.3, 0.4) is 0 Å². The van der Waals surface area contributed by atoms with E-state index < -0.39 is 0 Å². The normalized spacial score (nSPS) is 12.7. The minimum absolute atomic E-state index is 0.121. The van der Waals surface area contributed by atoms with Crippen molar-refractivity contribution >= 4 is 33.7 Å². The fourth-order valence-corrected chi connectivity index (χ4v) is 3.71. The molecule has 5 nitrogen and oxygen atoms in total. The van der Waals surface area contributed by atoms with Crippen molar-refractivity contribution in [3.05, 3.63) is 75.8 Å². The first-order chi connectivity index (χ1) is 12.2. The molecule has 4 rings (SSSR count). The fraction of sp³-hybridized carbons (Fsp3) is 0.105. The third kappa shape index (κ3) is 2.65. The summed E-state index contributed by atoms with van der Waals surface area (Å²) < 4.78 is 0. The van der Waals surface area contributed by atoms with E-state index in [0.717, 1.165) is 5.69 Å². The number of carbonyl (C=O) groups is 2. The van der Waals surface area contributed by atoms with Crippen molar-refractivity contribution < 1.29 is 9.59 Å². The van der Waals surface area contributed by atoms with Crippen LogP contribution in [0.5, 0.6) is 0 Å². The first-order valence-electron chi connectivity index (χ1n) is 7.86. The molecule has 3 aromatic rings. The summed E-state index contributed by atoms with van der Waals surface area (Å²) in [6, 6.07) is 12.2. The van der Waals surface area contributed by atoms with Gasteiger partial charge in [-0.15, -0.1) is 11.3 Å². The number of benzene rings is 2. The Balaban J connectivity index is 1.76. The maximum atomic E-state index is 13.0. The van der Waals surface area contributed by atoms with Crippen molar-refractivity contribution in [3.63, 3.8) is 0 Å². The smallest absolute Gasteiger partial charge is 0.196 e. The molecule has 0 atom stereocenters. The van der Waals surface area contributed by atoms with Crippen LogP contribution in [0.1, 0.15) is 37.5 Å². The van der Waals surface area contributed by atoms with Crippen LogP contribution in [-0.2, 0) is 6.54 Å². The van der Waals surface area contributed by atoms with E-state index in [-0.39, 0.29) is 11.6 Å². The maximum Gasteiger partial charge on any atom is 0.196 e. The second-order valence-corrected chi connectivity index (χ2v) is 6.59. The van der Waals surface area contributed by atoms with Crippen LogP contribution in [0, 0.1) is 0 Å². The predicted molar refractivity (Wildman–Crippen MR) is 97.9 cm³/mol. The van der Waals surface area contributed by atoms with E-state index in [2.05, 4.69) is 15.6 Å². The van der Waals surface area contributed by atoms with Gasteiger partial charge in [0.1, 0.15) is 0 Å². The zero-order valence-corrected chi connectivity index (χ0v) is 14.3. The Morgan fingerprint density at radius 3 is 2.44 bits per heavy atom. The summed E-state index contributed by atoms with van der Waals surface area (Å²) >= 11 is 1.46.